The van der Waals surface area contributed by atoms with Gasteiger partial charge in [0.15, 0.2) is 5.82 Å². The molecule has 1 aliphatic heterocycles. The number of imidazole rings is 1. The largest absolute Gasteiger partial charge is 0.497 e. The van der Waals surface area contributed by atoms with Crippen LogP contribution in [-0.2, 0) is 0 Å². The molecule has 0 radical (unpaired) electrons. The highest BCUT2D eigenvalue weighted by molar-refractivity contribution is 5.90. The Morgan fingerprint density at radius 3 is 2.76 bits per heavy atom. The van der Waals surface area contributed by atoms with Gasteiger partial charge in [0, 0.05) is 37.4 Å². The molecular weight excluding hydrogens is 268 g/mol. The molecule has 21 heavy (non-hydrogen) atoms. The molecule has 1 amide bonds. The van der Waals surface area contributed by atoms with Crippen LogP contribution >= 0.6 is 0 Å². The number of carbonyl (C=O) groups is 1. The van der Waals surface area contributed by atoms with Crippen LogP contribution in [-0.4, -0.2) is 47.0 Å². The van der Waals surface area contributed by atoms with Crippen LogP contribution < -0.4 is 10.5 Å². The van der Waals surface area contributed by atoms with E-state index < -0.39 is 0 Å². The van der Waals surface area contributed by atoms with Gasteiger partial charge in [-0.25, -0.2) is 4.98 Å². The van der Waals surface area contributed by atoms with Crippen molar-refractivity contribution in [3.63, 3.8) is 0 Å². The molecular formula is C15H18N4O2. The molecule has 6 heteroatoms. The van der Waals surface area contributed by atoms with Crippen molar-refractivity contribution in [3.05, 3.63) is 48.0 Å². The maximum Gasteiger partial charge on any atom is 0.289 e. The number of benzene rings is 1. The standard InChI is InChI=1S/C15H18N4O2/c1-21-11-4-2-10(3-5-11)12-8-19(9-13(12)16)15(20)14-17-6-7-18-14/h2-7,12-13H,8-9,16H2,1H3,(H,17,18)/t12-,13+/m0/s1. The molecule has 1 aromatic carbocycles. The minimum Gasteiger partial charge on any atom is -0.497 e. The van der Waals surface area contributed by atoms with Crippen molar-refractivity contribution in [2.24, 2.45) is 5.73 Å². The Morgan fingerprint density at radius 1 is 1.38 bits per heavy atom. The van der Waals surface area contributed by atoms with E-state index in [2.05, 4.69) is 9.97 Å². The SMILES string of the molecule is COc1ccc([C@@H]2CN(C(=O)c3ncc[nH]3)C[C@H]2N)cc1. The quantitative estimate of drug-likeness (QED) is 0.881. The van der Waals surface area contributed by atoms with E-state index in [1.807, 2.05) is 24.3 Å². The van der Waals surface area contributed by atoms with Crippen molar-refractivity contribution in [2.45, 2.75) is 12.0 Å². The monoisotopic (exact) mass is 286 g/mol. The van der Waals surface area contributed by atoms with E-state index in [1.165, 1.54) is 0 Å². The molecule has 2 heterocycles. The highest BCUT2D eigenvalue weighted by Crippen LogP contribution is 2.28. The average molecular weight is 286 g/mol. The summed E-state index contributed by atoms with van der Waals surface area (Å²) < 4.78 is 5.16. The third-order valence-corrected chi connectivity index (χ3v) is 3.90. The summed E-state index contributed by atoms with van der Waals surface area (Å²) in [4.78, 5) is 20.9. The summed E-state index contributed by atoms with van der Waals surface area (Å²) in [5.74, 6) is 1.20. The smallest absolute Gasteiger partial charge is 0.289 e. The third kappa shape index (κ3) is 2.62. The van der Waals surface area contributed by atoms with Crippen molar-refractivity contribution in [1.82, 2.24) is 14.9 Å². The predicted molar refractivity (Wildman–Crippen MR) is 78.2 cm³/mol. The Balaban J connectivity index is 1.75. The molecule has 3 N–H and O–H groups in total. The topological polar surface area (TPSA) is 84.2 Å². The summed E-state index contributed by atoms with van der Waals surface area (Å²) in [6.45, 7) is 1.14. The summed E-state index contributed by atoms with van der Waals surface area (Å²) in [6, 6.07) is 7.77. The van der Waals surface area contributed by atoms with Crippen LogP contribution in [0.1, 0.15) is 22.1 Å². The zero-order chi connectivity index (χ0) is 14.8. The van der Waals surface area contributed by atoms with Gasteiger partial charge in [-0.3, -0.25) is 4.79 Å². The highest BCUT2D eigenvalue weighted by Gasteiger charge is 2.34. The summed E-state index contributed by atoms with van der Waals surface area (Å²) in [7, 11) is 1.64. The Bertz CT molecular complexity index is 609. The molecule has 0 unspecified atom stereocenters. The molecule has 2 atom stereocenters. The molecule has 0 saturated carbocycles. The van der Waals surface area contributed by atoms with Gasteiger partial charge in [-0.2, -0.15) is 0 Å². The first kappa shape index (κ1) is 13.6. The number of amides is 1. The fraction of sp³-hybridized carbons (Fsp3) is 0.333. The second-order valence-corrected chi connectivity index (χ2v) is 5.19. The lowest BCUT2D eigenvalue weighted by Gasteiger charge is -2.15. The minimum atomic E-state index is -0.105. The normalized spacial score (nSPS) is 21.5. The molecule has 1 fully saturated rings. The van der Waals surface area contributed by atoms with Gasteiger partial charge in [-0.05, 0) is 17.7 Å². The molecule has 1 saturated heterocycles. The van der Waals surface area contributed by atoms with Gasteiger partial charge >= 0.3 is 0 Å². The molecule has 1 aliphatic rings. The number of hydrogen-bond donors (Lipinski definition) is 2. The van der Waals surface area contributed by atoms with E-state index in [9.17, 15) is 4.79 Å². The van der Waals surface area contributed by atoms with Crippen LogP contribution in [0.3, 0.4) is 0 Å². The van der Waals surface area contributed by atoms with Gasteiger partial charge in [-0.15, -0.1) is 0 Å². The van der Waals surface area contributed by atoms with E-state index in [1.54, 1.807) is 24.4 Å². The lowest BCUT2D eigenvalue weighted by atomic mass is 9.95. The zero-order valence-corrected chi connectivity index (χ0v) is 11.8. The summed E-state index contributed by atoms with van der Waals surface area (Å²) in [5.41, 5.74) is 7.33. The zero-order valence-electron chi connectivity index (χ0n) is 11.8. The predicted octanol–water partition coefficient (Wildman–Crippen LogP) is 0.985. The number of nitrogens with two attached hydrogens (primary N) is 1. The first-order chi connectivity index (χ1) is 10.2. The minimum absolute atomic E-state index is 0.0719. The number of nitrogens with zero attached hydrogens (tertiary/aromatic N) is 2. The summed E-state index contributed by atoms with van der Waals surface area (Å²) in [5, 5.41) is 0. The number of nitrogens with one attached hydrogen (secondary N) is 1. The van der Waals surface area contributed by atoms with Gasteiger partial charge in [0.25, 0.3) is 5.91 Å². The molecule has 0 bridgehead atoms. The molecule has 3 rings (SSSR count). The van der Waals surface area contributed by atoms with E-state index in [4.69, 9.17) is 10.5 Å². The Kier molecular flexibility index (Phi) is 3.62. The van der Waals surface area contributed by atoms with Crippen LogP contribution in [0.15, 0.2) is 36.7 Å². The van der Waals surface area contributed by atoms with Gasteiger partial charge in [-0.1, -0.05) is 12.1 Å². The molecule has 6 nitrogen and oxygen atoms in total. The van der Waals surface area contributed by atoms with Gasteiger partial charge in [0.05, 0.1) is 7.11 Å². The van der Waals surface area contributed by atoms with Crippen LogP contribution in [0.2, 0.25) is 0 Å². The second kappa shape index (κ2) is 5.57. The number of hydrogen-bond acceptors (Lipinski definition) is 4. The molecule has 0 spiro atoms. The van der Waals surface area contributed by atoms with Crippen molar-refractivity contribution in [1.29, 1.82) is 0 Å². The van der Waals surface area contributed by atoms with Crippen molar-refractivity contribution in [2.75, 3.05) is 20.2 Å². The molecule has 110 valence electrons. The lowest BCUT2D eigenvalue weighted by molar-refractivity contribution is 0.0778. The van der Waals surface area contributed by atoms with Crippen LogP contribution in [0.4, 0.5) is 0 Å². The van der Waals surface area contributed by atoms with Gasteiger partial charge in [0.2, 0.25) is 0 Å². The Hall–Kier alpha value is -2.34. The van der Waals surface area contributed by atoms with Crippen molar-refractivity contribution >= 4 is 5.91 Å². The number of likely N-dealkylation sites (tertiary alicyclic amines) is 1. The van der Waals surface area contributed by atoms with E-state index >= 15 is 0 Å². The van der Waals surface area contributed by atoms with Crippen LogP contribution in [0, 0.1) is 0 Å². The third-order valence-electron chi connectivity index (χ3n) is 3.90. The number of aromatic nitrogens is 2. The maximum absolute atomic E-state index is 12.3. The van der Waals surface area contributed by atoms with Gasteiger partial charge in [0.1, 0.15) is 5.75 Å². The molecule has 2 aromatic rings. The first-order valence-electron chi connectivity index (χ1n) is 6.87. The molecule has 0 aliphatic carbocycles. The molecule has 1 aromatic heterocycles. The summed E-state index contributed by atoms with van der Waals surface area (Å²) in [6.07, 6.45) is 3.22. The maximum atomic E-state index is 12.3. The Morgan fingerprint density at radius 2 is 2.14 bits per heavy atom. The number of ether oxygens (including phenoxy) is 1. The highest BCUT2D eigenvalue weighted by atomic mass is 16.5. The fourth-order valence-corrected chi connectivity index (χ4v) is 2.73. The fourth-order valence-electron chi connectivity index (χ4n) is 2.73. The van der Waals surface area contributed by atoms with Gasteiger partial charge < -0.3 is 20.4 Å². The number of rotatable bonds is 3. The van der Waals surface area contributed by atoms with E-state index in [0.29, 0.717) is 18.9 Å². The lowest BCUT2D eigenvalue weighted by Crippen LogP contribution is -2.32. The number of methoxy groups -OCH3 is 1. The van der Waals surface area contributed by atoms with Crippen molar-refractivity contribution < 1.29 is 9.53 Å². The van der Waals surface area contributed by atoms with E-state index in [0.717, 1.165) is 11.3 Å². The second-order valence-electron chi connectivity index (χ2n) is 5.19. The number of carbonyl (C=O) groups excluding carboxylic acids is 1. The Labute approximate surface area is 122 Å². The summed E-state index contributed by atoms with van der Waals surface area (Å²) >= 11 is 0. The van der Waals surface area contributed by atoms with Crippen LogP contribution in [0.25, 0.3) is 0 Å². The number of aromatic amines is 1. The average Bonchev–Trinajstić information content (AvgIpc) is 3.16. The van der Waals surface area contributed by atoms with Crippen LogP contribution in [0.5, 0.6) is 5.75 Å². The van der Waals surface area contributed by atoms with Crippen molar-refractivity contribution in [3.8, 4) is 5.75 Å². The number of H-pyrrole nitrogens is 1. The first-order valence-corrected chi connectivity index (χ1v) is 6.87. The van der Waals surface area contributed by atoms with E-state index in [-0.39, 0.29) is 17.9 Å².